The summed E-state index contributed by atoms with van der Waals surface area (Å²) in [5, 5.41) is 50.9. The molecule has 0 heterocycles. The number of aliphatic imine (C=N–C) groups is 2. The molecule has 8 aromatic rings. The molecule has 266 valence electrons. The first-order valence-electron chi connectivity index (χ1n) is 16.2. The van der Waals surface area contributed by atoms with Crippen molar-refractivity contribution in [3.05, 3.63) is 153 Å². The number of phenolic OH excluding ortho intramolecular Hbond substituents is 4. The molecule has 0 aromatic heterocycles. The summed E-state index contributed by atoms with van der Waals surface area (Å²) >= 11 is 7.28. The zero-order valence-corrected chi connectivity index (χ0v) is 32.4. The summed E-state index contributed by atoms with van der Waals surface area (Å²) in [5.74, 6) is -1.11. The Morgan fingerprint density at radius 2 is 0.849 bits per heavy atom. The molecule has 0 aliphatic heterocycles. The van der Waals surface area contributed by atoms with Crippen LogP contribution in [0.1, 0.15) is 22.3 Å². The zero-order chi connectivity index (χ0) is 35.0. The molecule has 0 radical (unpaired) electrons. The van der Waals surface area contributed by atoms with Crippen LogP contribution in [0.4, 0.5) is 0 Å². The molecule has 1 aliphatic rings. The first-order valence-corrected chi connectivity index (χ1v) is 17.8. The van der Waals surface area contributed by atoms with Gasteiger partial charge in [-0.15, -0.1) is 0 Å². The Labute approximate surface area is 340 Å². The van der Waals surface area contributed by atoms with E-state index in [0.717, 1.165) is 63.5 Å². The molecule has 0 spiro atoms. The van der Waals surface area contributed by atoms with Gasteiger partial charge < -0.3 is 20.4 Å². The molecule has 0 atom stereocenters. The van der Waals surface area contributed by atoms with E-state index >= 15 is 0 Å². The van der Waals surface area contributed by atoms with Crippen molar-refractivity contribution in [1.29, 1.82) is 0 Å². The number of rotatable bonds is 4. The Kier molecular flexibility index (Phi) is 9.63. The van der Waals surface area contributed by atoms with Crippen molar-refractivity contribution in [3.63, 3.8) is 0 Å². The smallest absolute Gasteiger partial charge is 0.202 e. The molecular formula is C43H26Br2N2Ni2O4. The van der Waals surface area contributed by atoms with Gasteiger partial charge in [0.1, 0.15) is 0 Å². The summed E-state index contributed by atoms with van der Waals surface area (Å²) in [6.45, 7) is 0. The molecule has 0 unspecified atom stereocenters. The van der Waals surface area contributed by atoms with Gasteiger partial charge in [0.15, 0.2) is 23.0 Å². The molecule has 0 saturated carbocycles. The Balaban J connectivity index is 0.00000218. The van der Waals surface area contributed by atoms with Gasteiger partial charge in [0.05, 0.1) is 0 Å². The Morgan fingerprint density at radius 3 is 1.28 bits per heavy atom. The maximum atomic E-state index is 11.2. The first kappa shape index (κ1) is 36.6. The standard InChI is InChI=1S/C43H26Br2N2O4.2Ni/c44-27-11-13-31-25(17-27)9-15-35-39(31)40-32-14-12-28(45)18-26(32)10-16-36(40)43(35,46-21-33-29-7-3-1-5-23(29)19-37(48)41(33)50)47-22-34-30-8-4-2-6-24(30)20-38(49)42(34)51;;/h1-22,48-51H;;/b46-21+,47-22+;;. The average molecular weight is 912 g/mol. The van der Waals surface area contributed by atoms with Crippen molar-refractivity contribution >= 4 is 87.4 Å². The number of fused-ring (bicyclic) bond motifs is 9. The fourth-order valence-corrected chi connectivity index (χ4v) is 8.21. The van der Waals surface area contributed by atoms with Crippen LogP contribution in [0.3, 0.4) is 0 Å². The Bertz CT molecular complexity index is 2660. The maximum Gasteiger partial charge on any atom is 0.202 e. The summed E-state index contributed by atoms with van der Waals surface area (Å²) in [7, 11) is 0. The van der Waals surface area contributed by atoms with E-state index in [1.807, 2.05) is 84.9 Å². The largest absolute Gasteiger partial charge is 0.504 e. The fraction of sp³-hybridized carbons (Fsp3) is 0.0233. The van der Waals surface area contributed by atoms with Gasteiger partial charge in [-0.3, -0.25) is 9.98 Å². The molecule has 53 heavy (non-hydrogen) atoms. The second-order valence-corrected chi connectivity index (χ2v) is 14.5. The Morgan fingerprint density at radius 1 is 0.453 bits per heavy atom. The van der Waals surface area contributed by atoms with E-state index < -0.39 is 5.66 Å². The molecule has 6 nitrogen and oxygen atoms in total. The van der Waals surface area contributed by atoms with Crippen LogP contribution in [0.25, 0.3) is 54.2 Å². The van der Waals surface area contributed by atoms with Gasteiger partial charge in [-0.05, 0) is 90.6 Å². The zero-order valence-electron chi connectivity index (χ0n) is 27.3. The van der Waals surface area contributed by atoms with Crippen molar-refractivity contribution in [2.24, 2.45) is 9.98 Å². The van der Waals surface area contributed by atoms with Gasteiger partial charge in [0, 0.05) is 76.6 Å². The number of nitrogens with zero attached hydrogens (tertiary/aromatic N) is 2. The van der Waals surface area contributed by atoms with Crippen LogP contribution >= 0.6 is 31.9 Å². The molecule has 0 fully saturated rings. The number of hydrogen-bond acceptors (Lipinski definition) is 6. The van der Waals surface area contributed by atoms with E-state index in [2.05, 4.69) is 56.1 Å². The molecule has 0 bridgehead atoms. The van der Waals surface area contributed by atoms with Crippen molar-refractivity contribution in [1.82, 2.24) is 0 Å². The van der Waals surface area contributed by atoms with Crippen LogP contribution in [0.5, 0.6) is 23.0 Å². The predicted octanol–water partition coefficient (Wildman–Crippen LogP) is 11.1. The minimum Gasteiger partial charge on any atom is -0.504 e. The maximum absolute atomic E-state index is 11.2. The molecule has 9 rings (SSSR count). The topological polar surface area (TPSA) is 106 Å². The SMILES string of the molecule is Oc1cc2ccccc2c(/C=N/C2(/N=C/c3c(O)c(O)cc4ccccc34)c3ccc4cc(Br)ccc4c3-c3c2ccc2cc(Br)ccc32)c1O.[Ni].[Ni]. The van der Waals surface area contributed by atoms with Gasteiger partial charge in [-0.25, -0.2) is 0 Å². The van der Waals surface area contributed by atoms with Gasteiger partial charge in [0.2, 0.25) is 5.66 Å². The molecule has 4 N–H and O–H groups in total. The molecule has 1 aliphatic carbocycles. The van der Waals surface area contributed by atoms with Crippen LogP contribution in [-0.2, 0) is 38.6 Å². The minimum atomic E-state index is -1.43. The van der Waals surface area contributed by atoms with Crippen LogP contribution < -0.4 is 0 Å². The quantitative estimate of drug-likeness (QED) is 0.0802. The van der Waals surface area contributed by atoms with E-state index in [0.29, 0.717) is 21.9 Å². The summed E-state index contributed by atoms with van der Waals surface area (Å²) in [4.78, 5) is 10.6. The molecule has 0 amide bonds. The van der Waals surface area contributed by atoms with E-state index in [1.165, 1.54) is 12.1 Å². The van der Waals surface area contributed by atoms with Crippen LogP contribution in [0, 0.1) is 0 Å². The summed E-state index contributed by atoms with van der Waals surface area (Å²) < 4.78 is 1.91. The van der Waals surface area contributed by atoms with Gasteiger partial charge in [0.25, 0.3) is 0 Å². The minimum absolute atomic E-state index is 0. The van der Waals surface area contributed by atoms with Crippen LogP contribution in [0.2, 0.25) is 0 Å². The Hall–Kier alpha value is -4.71. The van der Waals surface area contributed by atoms with E-state index in [9.17, 15) is 20.4 Å². The molecular weight excluding hydrogens is 886 g/mol. The van der Waals surface area contributed by atoms with Crippen LogP contribution in [-0.4, -0.2) is 32.9 Å². The van der Waals surface area contributed by atoms with Gasteiger partial charge >= 0.3 is 0 Å². The van der Waals surface area contributed by atoms with E-state index in [1.54, 1.807) is 12.4 Å². The average Bonchev–Trinajstić information content (AvgIpc) is 3.41. The summed E-state index contributed by atoms with van der Waals surface area (Å²) in [5.41, 5.74) is 2.78. The number of benzene rings is 8. The second-order valence-electron chi connectivity index (χ2n) is 12.7. The second kappa shape index (κ2) is 13.9. The predicted molar refractivity (Wildman–Crippen MR) is 213 cm³/mol. The summed E-state index contributed by atoms with van der Waals surface area (Å²) in [6.07, 6.45) is 3.15. The van der Waals surface area contributed by atoms with E-state index in [-0.39, 0.29) is 56.0 Å². The molecule has 8 aromatic carbocycles. The number of halogens is 2. The monoisotopic (exact) mass is 908 g/mol. The first-order chi connectivity index (χ1) is 24.7. The van der Waals surface area contributed by atoms with Gasteiger partial charge in [-0.1, -0.05) is 117 Å². The van der Waals surface area contributed by atoms with Crippen molar-refractivity contribution < 1.29 is 53.4 Å². The van der Waals surface area contributed by atoms with E-state index in [4.69, 9.17) is 9.98 Å². The van der Waals surface area contributed by atoms with Crippen molar-refractivity contribution in [2.75, 3.05) is 0 Å². The third-order valence-electron chi connectivity index (χ3n) is 9.81. The number of hydrogen-bond donors (Lipinski definition) is 4. The summed E-state index contributed by atoms with van der Waals surface area (Å²) in [6, 6.07) is 38.5. The third kappa shape index (κ3) is 5.80. The third-order valence-corrected chi connectivity index (χ3v) is 10.8. The van der Waals surface area contributed by atoms with Crippen molar-refractivity contribution in [3.8, 4) is 34.1 Å². The molecule has 0 saturated heterocycles. The van der Waals surface area contributed by atoms with Crippen molar-refractivity contribution in [2.45, 2.75) is 5.66 Å². The normalized spacial score (nSPS) is 13.1. The fourth-order valence-electron chi connectivity index (χ4n) is 7.45. The van der Waals surface area contributed by atoms with Gasteiger partial charge in [-0.2, -0.15) is 0 Å². The number of aromatic hydroxyl groups is 4. The van der Waals surface area contributed by atoms with Crippen LogP contribution in [0.15, 0.2) is 140 Å². The molecule has 10 heteroatoms. The number of phenols is 4.